The van der Waals surface area contributed by atoms with E-state index in [1.54, 1.807) is 17.9 Å². The van der Waals surface area contributed by atoms with Crippen LogP contribution >= 0.6 is 0 Å². The van der Waals surface area contributed by atoms with Gasteiger partial charge in [0.25, 0.3) is 0 Å². The van der Waals surface area contributed by atoms with Gasteiger partial charge >= 0.3 is 5.69 Å². The molecule has 0 aliphatic carbocycles. The lowest BCUT2D eigenvalue weighted by Gasteiger charge is -2.28. The maximum Gasteiger partial charge on any atom is 0.327 e. The first-order valence-corrected chi connectivity index (χ1v) is 9.80. The normalized spacial score (nSPS) is 19.9. The average Bonchev–Trinajstić information content (AvgIpc) is 3.33. The van der Waals surface area contributed by atoms with Crippen molar-refractivity contribution in [1.82, 2.24) is 24.5 Å². The molecule has 29 heavy (non-hydrogen) atoms. The quantitative estimate of drug-likeness (QED) is 0.556. The lowest BCUT2D eigenvalue weighted by atomic mass is 10.0. The van der Waals surface area contributed by atoms with Crippen LogP contribution in [0.4, 0.5) is 0 Å². The van der Waals surface area contributed by atoms with Crippen molar-refractivity contribution in [3.05, 3.63) is 46.8 Å². The molecule has 0 radical (unpaired) electrons. The first-order chi connectivity index (χ1) is 14.1. The van der Waals surface area contributed by atoms with Gasteiger partial charge in [0.1, 0.15) is 5.65 Å². The van der Waals surface area contributed by atoms with Gasteiger partial charge in [-0.3, -0.25) is 9.55 Å². The number of nitrogens with one attached hydrogen (secondary N) is 2. The molecule has 1 aliphatic rings. The molecule has 8 heteroatoms. The van der Waals surface area contributed by atoms with E-state index in [0.717, 1.165) is 46.1 Å². The summed E-state index contributed by atoms with van der Waals surface area (Å²) in [4.78, 5) is 27.6. The lowest BCUT2D eigenvalue weighted by Crippen LogP contribution is -2.35. The SMILES string of the molecule is CO[C@H]1CCO[C@@H](Cn2c(=O)[nH]c3ncc(-c4cnc5[nH]ccc5c4C)cc32)C1. The molecular weight excluding hydrogens is 370 g/mol. The maximum atomic E-state index is 12.6. The van der Waals surface area contributed by atoms with Crippen molar-refractivity contribution in [1.29, 1.82) is 0 Å². The molecule has 5 rings (SSSR count). The average molecular weight is 393 g/mol. The van der Waals surface area contributed by atoms with Gasteiger partial charge in [0.15, 0.2) is 5.65 Å². The summed E-state index contributed by atoms with van der Waals surface area (Å²) in [6.07, 6.45) is 7.28. The van der Waals surface area contributed by atoms with Crippen LogP contribution < -0.4 is 5.69 Å². The van der Waals surface area contributed by atoms with Crippen LogP contribution in [0.15, 0.2) is 35.5 Å². The second kappa shape index (κ2) is 7.13. The molecular formula is C21H23N5O3. The fourth-order valence-corrected chi connectivity index (χ4v) is 4.18. The number of aromatic amines is 2. The smallest absolute Gasteiger partial charge is 0.327 e. The molecule has 8 nitrogen and oxygen atoms in total. The Bertz CT molecular complexity index is 1240. The Morgan fingerprint density at radius 2 is 2.17 bits per heavy atom. The second-order valence-corrected chi connectivity index (χ2v) is 7.54. The Hall–Kier alpha value is -2.97. The Morgan fingerprint density at radius 1 is 1.31 bits per heavy atom. The molecule has 5 heterocycles. The van der Waals surface area contributed by atoms with Crippen molar-refractivity contribution in [2.24, 2.45) is 0 Å². The van der Waals surface area contributed by atoms with Crippen molar-refractivity contribution in [2.75, 3.05) is 13.7 Å². The third-order valence-corrected chi connectivity index (χ3v) is 5.83. The number of fused-ring (bicyclic) bond motifs is 2. The highest BCUT2D eigenvalue weighted by atomic mass is 16.5. The predicted octanol–water partition coefficient (Wildman–Crippen LogP) is 2.77. The van der Waals surface area contributed by atoms with Crippen LogP contribution in [-0.4, -0.2) is 50.4 Å². The van der Waals surface area contributed by atoms with Crippen molar-refractivity contribution in [3.63, 3.8) is 0 Å². The molecule has 4 aromatic rings. The van der Waals surface area contributed by atoms with Gasteiger partial charge in [-0.2, -0.15) is 0 Å². The summed E-state index contributed by atoms with van der Waals surface area (Å²) < 4.78 is 13.1. The molecule has 0 amide bonds. The summed E-state index contributed by atoms with van der Waals surface area (Å²) in [5.41, 5.74) is 5.08. The number of H-pyrrole nitrogens is 2. The van der Waals surface area contributed by atoms with E-state index < -0.39 is 0 Å². The molecule has 1 saturated heterocycles. The standard InChI is InChI=1S/C21H23N5O3/c1-12-16-3-5-22-19(16)24-10-17(12)13-7-18-20(23-9-13)25-21(27)26(18)11-15-8-14(28-2)4-6-29-15/h3,5,7,9-10,14-15H,4,6,8,11H2,1-2H3,(H,22,24)(H,23,25,27)/t14-,15+/m0/s1. The molecule has 1 fully saturated rings. The van der Waals surface area contributed by atoms with E-state index in [1.165, 1.54) is 0 Å². The highest BCUT2D eigenvalue weighted by Gasteiger charge is 2.24. The summed E-state index contributed by atoms with van der Waals surface area (Å²) >= 11 is 0. The molecule has 0 aromatic carbocycles. The Labute approximate surface area is 166 Å². The number of ether oxygens (including phenoxy) is 2. The number of rotatable bonds is 4. The summed E-state index contributed by atoms with van der Waals surface area (Å²) in [6.45, 7) is 3.19. The van der Waals surface area contributed by atoms with Crippen molar-refractivity contribution >= 4 is 22.2 Å². The number of nitrogens with zero attached hydrogens (tertiary/aromatic N) is 3. The fraction of sp³-hybridized carbons (Fsp3) is 0.381. The third-order valence-electron chi connectivity index (χ3n) is 5.83. The number of imidazole rings is 1. The van der Waals surface area contributed by atoms with E-state index in [9.17, 15) is 4.79 Å². The second-order valence-electron chi connectivity index (χ2n) is 7.54. The molecule has 1 aliphatic heterocycles. The van der Waals surface area contributed by atoms with Gasteiger partial charge in [0.05, 0.1) is 24.3 Å². The maximum absolute atomic E-state index is 12.6. The number of aromatic nitrogens is 5. The van der Waals surface area contributed by atoms with Crippen LogP contribution in [0.2, 0.25) is 0 Å². The molecule has 0 unspecified atom stereocenters. The number of aryl methyl sites for hydroxylation is 1. The molecule has 0 saturated carbocycles. The number of pyridine rings is 2. The minimum absolute atomic E-state index is 0.0614. The van der Waals surface area contributed by atoms with Gasteiger partial charge in [-0.15, -0.1) is 0 Å². The highest BCUT2D eigenvalue weighted by molar-refractivity contribution is 5.88. The summed E-state index contributed by atoms with van der Waals surface area (Å²) in [6, 6.07) is 4.02. The summed E-state index contributed by atoms with van der Waals surface area (Å²) in [7, 11) is 1.72. The van der Waals surface area contributed by atoms with E-state index >= 15 is 0 Å². The van der Waals surface area contributed by atoms with Gasteiger partial charge in [-0.25, -0.2) is 14.8 Å². The van der Waals surface area contributed by atoms with Crippen molar-refractivity contribution in [2.45, 2.75) is 38.5 Å². The number of methoxy groups -OCH3 is 1. The molecule has 2 atom stereocenters. The van der Waals surface area contributed by atoms with Crippen molar-refractivity contribution < 1.29 is 9.47 Å². The zero-order valence-electron chi connectivity index (χ0n) is 16.4. The van der Waals surface area contributed by atoms with E-state index in [-0.39, 0.29) is 17.9 Å². The van der Waals surface area contributed by atoms with Gasteiger partial charge in [0, 0.05) is 55.2 Å². The third kappa shape index (κ3) is 3.14. The van der Waals surface area contributed by atoms with E-state index in [1.807, 2.05) is 24.5 Å². The Balaban J connectivity index is 1.55. The Morgan fingerprint density at radius 3 is 3.03 bits per heavy atom. The highest BCUT2D eigenvalue weighted by Crippen LogP contribution is 2.29. The monoisotopic (exact) mass is 393 g/mol. The van der Waals surface area contributed by atoms with Crippen LogP contribution in [0.25, 0.3) is 33.3 Å². The van der Waals surface area contributed by atoms with Crippen molar-refractivity contribution in [3.8, 4) is 11.1 Å². The van der Waals surface area contributed by atoms with Gasteiger partial charge in [-0.1, -0.05) is 0 Å². The van der Waals surface area contributed by atoms with Crippen LogP contribution in [0, 0.1) is 6.92 Å². The van der Waals surface area contributed by atoms with E-state index in [4.69, 9.17) is 9.47 Å². The largest absolute Gasteiger partial charge is 0.381 e. The van der Waals surface area contributed by atoms with Gasteiger partial charge in [0.2, 0.25) is 0 Å². The minimum Gasteiger partial charge on any atom is -0.381 e. The van der Waals surface area contributed by atoms with Crippen LogP contribution in [0.5, 0.6) is 0 Å². The summed E-state index contributed by atoms with van der Waals surface area (Å²) in [5.74, 6) is 0. The van der Waals surface area contributed by atoms with Gasteiger partial charge in [-0.05, 0) is 31.0 Å². The first kappa shape index (κ1) is 18.1. The predicted molar refractivity (Wildman–Crippen MR) is 110 cm³/mol. The summed E-state index contributed by atoms with van der Waals surface area (Å²) in [5, 5.41) is 1.08. The number of hydrogen-bond donors (Lipinski definition) is 2. The van der Waals surface area contributed by atoms with Gasteiger partial charge < -0.3 is 14.5 Å². The molecule has 150 valence electrons. The van der Waals surface area contributed by atoms with Crippen LogP contribution in [-0.2, 0) is 16.0 Å². The minimum atomic E-state index is -0.177. The van der Waals surface area contributed by atoms with Crippen LogP contribution in [0.1, 0.15) is 18.4 Å². The molecule has 4 aromatic heterocycles. The van der Waals surface area contributed by atoms with E-state index in [2.05, 4.69) is 26.9 Å². The molecule has 0 spiro atoms. The molecule has 2 N–H and O–H groups in total. The van der Waals surface area contributed by atoms with E-state index in [0.29, 0.717) is 18.8 Å². The fourth-order valence-electron chi connectivity index (χ4n) is 4.18. The first-order valence-electron chi connectivity index (χ1n) is 9.80. The zero-order valence-corrected chi connectivity index (χ0v) is 16.4. The zero-order chi connectivity index (χ0) is 20.0. The van der Waals surface area contributed by atoms with Crippen LogP contribution in [0.3, 0.4) is 0 Å². The molecule has 0 bridgehead atoms. The Kier molecular flexibility index (Phi) is 4.44. The topological polar surface area (TPSA) is 97.8 Å². The number of hydrogen-bond acceptors (Lipinski definition) is 5. The lowest BCUT2D eigenvalue weighted by molar-refractivity contribution is -0.0638.